The van der Waals surface area contributed by atoms with Gasteiger partial charge in [-0.25, -0.2) is 4.79 Å². The van der Waals surface area contributed by atoms with Gasteiger partial charge in [-0.1, -0.05) is 143 Å². The lowest BCUT2D eigenvalue weighted by Gasteiger charge is -2.36. The van der Waals surface area contributed by atoms with Gasteiger partial charge in [-0.05, 0) is 80.4 Å². The molecule has 1 atom stereocenters. The standard InChI is InChI=1S/C58H67ClN3O6P/c1-3-4-5-6-7-8-9-10-11-12-22-30-55(63)60-45-32-34-50(53(59)41-45)52-43-57(65)68-54-42-46(33-35-51(52)54)67-44(2)58(66)62-38-36-61(37-39-62)56(64)31-23-40-69(47-24-16-13-17-25-47,48-26-18-14-19-27-48)49-28-20-15-21-29-49/h13-21,24-29,32-35,41-44H,3-12,22-23,30-31,36-40H2,1-2H3/p+1/t44-/m1/s1. The summed E-state index contributed by atoms with van der Waals surface area (Å²) >= 11 is 6.79. The number of piperazine rings is 1. The summed E-state index contributed by atoms with van der Waals surface area (Å²) in [5.74, 6) is 0.248. The van der Waals surface area contributed by atoms with Crippen molar-refractivity contribution in [2.24, 2.45) is 0 Å². The summed E-state index contributed by atoms with van der Waals surface area (Å²) in [4.78, 5) is 56.6. The van der Waals surface area contributed by atoms with Gasteiger partial charge in [-0.2, -0.15) is 0 Å². The van der Waals surface area contributed by atoms with E-state index >= 15 is 0 Å². The van der Waals surface area contributed by atoms with Crippen molar-refractivity contribution in [3.63, 3.8) is 0 Å². The van der Waals surface area contributed by atoms with Crippen molar-refractivity contribution in [2.75, 3.05) is 37.7 Å². The molecule has 9 nitrogen and oxygen atoms in total. The number of hydrogen-bond acceptors (Lipinski definition) is 6. The van der Waals surface area contributed by atoms with Gasteiger partial charge in [-0.15, -0.1) is 0 Å². The Kier molecular flexibility index (Phi) is 19.1. The molecule has 1 aliphatic heterocycles. The lowest BCUT2D eigenvalue weighted by molar-refractivity contribution is -0.143. The number of amides is 3. The maximum atomic E-state index is 13.7. The zero-order valence-corrected chi connectivity index (χ0v) is 42.0. The quantitative estimate of drug-likeness (QED) is 0.0368. The minimum atomic E-state index is -2.04. The summed E-state index contributed by atoms with van der Waals surface area (Å²) in [5.41, 5.74) is 1.53. The Morgan fingerprint density at radius 1 is 0.638 bits per heavy atom. The van der Waals surface area contributed by atoms with Crippen LogP contribution in [-0.4, -0.2) is 66.0 Å². The lowest BCUT2D eigenvalue weighted by Crippen LogP contribution is -2.53. The van der Waals surface area contributed by atoms with Gasteiger partial charge in [0.15, 0.2) is 6.10 Å². The van der Waals surface area contributed by atoms with Crippen LogP contribution in [0.4, 0.5) is 5.69 Å². The van der Waals surface area contributed by atoms with E-state index in [9.17, 15) is 19.2 Å². The molecule has 0 saturated carbocycles. The molecule has 69 heavy (non-hydrogen) atoms. The van der Waals surface area contributed by atoms with Gasteiger partial charge in [0, 0.05) is 73.4 Å². The van der Waals surface area contributed by atoms with Gasteiger partial charge in [0.2, 0.25) is 11.8 Å². The molecule has 11 heteroatoms. The molecule has 2 heterocycles. The van der Waals surface area contributed by atoms with Gasteiger partial charge in [0.1, 0.15) is 34.5 Å². The molecular weight excluding hydrogens is 901 g/mol. The minimum absolute atomic E-state index is 0.0464. The van der Waals surface area contributed by atoms with Crippen LogP contribution in [0.3, 0.4) is 0 Å². The normalized spacial score (nSPS) is 13.3. The molecule has 1 aromatic heterocycles. The van der Waals surface area contributed by atoms with Crippen molar-refractivity contribution in [1.82, 2.24) is 9.80 Å². The van der Waals surface area contributed by atoms with Crippen LogP contribution in [0.15, 0.2) is 143 Å². The van der Waals surface area contributed by atoms with E-state index in [1.54, 1.807) is 48.2 Å². The van der Waals surface area contributed by atoms with Crippen LogP contribution < -0.4 is 31.6 Å². The van der Waals surface area contributed by atoms with E-state index in [1.807, 2.05) is 4.90 Å². The molecule has 0 aliphatic carbocycles. The summed E-state index contributed by atoms with van der Waals surface area (Å²) in [5, 5.41) is 7.90. The van der Waals surface area contributed by atoms with Gasteiger partial charge in [-0.3, -0.25) is 14.4 Å². The number of carbonyl (C=O) groups excluding carboxylic acids is 3. The average molecular weight is 970 g/mol. The van der Waals surface area contributed by atoms with Crippen LogP contribution in [0.25, 0.3) is 22.1 Å². The zero-order chi connectivity index (χ0) is 48.4. The number of nitrogens with zero attached hydrogens (tertiary/aromatic N) is 2. The van der Waals surface area contributed by atoms with Crippen LogP contribution >= 0.6 is 18.9 Å². The SMILES string of the molecule is CCCCCCCCCCCCCC(=O)Nc1ccc(-c2cc(=O)oc3cc(O[C@H](C)C(=O)N4CCN(C(=O)CCC[P+](c5ccccc5)(c5ccccc5)c5ccccc5)CC4)ccc23)c(Cl)c1. The molecule has 0 unspecified atom stereocenters. The summed E-state index contributed by atoms with van der Waals surface area (Å²) in [6.07, 6.45) is 15.1. The van der Waals surface area contributed by atoms with Crippen LogP contribution in [0.1, 0.15) is 104 Å². The van der Waals surface area contributed by atoms with E-state index in [0.717, 1.165) is 31.8 Å². The minimum Gasteiger partial charge on any atom is -0.481 e. The monoisotopic (exact) mass is 968 g/mol. The third-order valence-electron chi connectivity index (χ3n) is 13.3. The first-order valence-electron chi connectivity index (χ1n) is 25.1. The van der Waals surface area contributed by atoms with E-state index < -0.39 is 19.0 Å². The molecule has 0 spiro atoms. The maximum absolute atomic E-state index is 13.7. The number of rotatable bonds is 24. The molecule has 5 aromatic carbocycles. The third-order valence-corrected chi connectivity index (χ3v) is 18.2. The second kappa shape index (κ2) is 25.7. The predicted molar refractivity (Wildman–Crippen MR) is 285 cm³/mol. The van der Waals surface area contributed by atoms with E-state index in [2.05, 4.69) is 103 Å². The van der Waals surface area contributed by atoms with Crippen molar-refractivity contribution in [3.05, 3.63) is 149 Å². The summed E-state index contributed by atoms with van der Waals surface area (Å²) in [6, 6.07) is 44.0. The summed E-state index contributed by atoms with van der Waals surface area (Å²) in [7, 11) is -2.04. The van der Waals surface area contributed by atoms with Crippen LogP contribution in [-0.2, 0) is 14.4 Å². The Labute approximate surface area is 413 Å². The highest BCUT2D eigenvalue weighted by atomic mass is 35.5. The van der Waals surface area contributed by atoms with Crippen LogP contribution in [0, 0.1) is 0 Å². The Hall–Kier alpha value is -5.76. The number of benzene rings is 5. The molecule has 0 radical (unpaired) electrons. The topological polar surface area (TPSA) is 109 Å². The number of nitrogens with one attached hydrogen (secondary N) is 1. The third kappa shape index (κ3) is 13.7. The molecule has 0 bridgehead atoms. The molecule has 1 fully saturated rings. The van der Waals surface area contributed by atoms with Gasteiger partial charge < -0.3 is 24.3 Å². The van der Waals surface area contributed by atoms with Gasteiger partial charge in [0.05, 0.1) is 11.2 Å². The van der Waals surface area contributed by atoms with E-state index in [0.29, 0.717) is 72.0 Å². The average Bonchev–Trinajstić information content (AvgIpc) is 3.37. The Morgan fingerprint density at radius 2 is 1.19 bits per heavy atom. The highest BCUT2D eigenvalue weighted by Crippen LogP contribution is 2.56. The number of carbonyl (C=O) groups is 3. The Bertz CT molecular complexity index is 2560. The highest BCUT2D eigenvalue weighted by Gasteiger charge is 2.45. The summed E-state index contributed by atoms with van der Waals surface area (Å²) < 4.78 is 11.8. The fourth-order valence-electron chi connectivity index (χ4n) is 9.62. The molecule has 362 valence electrons. The molecule has 1 saturated heterocycles. The maximum Gasteiger partial charge on any atom is 0.336 e. The number of ether oxygens (including phenoxy) is 1. The first-order valence-corrected chi connectivity index (χ1v) is 27.5. The van der Waals surface area contributed by atoms with Crippen LogP contribution in [0.2, 0.25) is 5.02 Å². The summed E-state index contributed by atoms with van der Waals surface area (Å²) in [6.45, 7) is 5.67. The van der Waals surface area contributed by atoms with E-state index in [4.69, 9.17) is 20.8 Å². The molecular formula is C58H68ClN3O6P+. The largest absolute Gasteiger partial charge is 0.481 e. The van der Waals surface area contributed by atoms with Gasteiger partial charge in [0.25, 0.3) is 5.91 Å². The fourth-order valence-corrected chi connectivity index (χ4v) is 14.2. The van der Waals surface area contributed by atoms with Gasteiger partial charge >= 0.3 is 5.63 Å². The molecule has 6 aromatic rings. The molecule has 7 rings (SSSR count). The molecule has 3 amide bonds. The number of halogens is 1. The van der Waals surface area contributed by atoms with E-state index in [-0.39, 0.29) is 23.3 Å². The smallest absolute Gasteiger partial charge is 0.336 e. The predicted octanol–water partition coefficient (Wildman–Crippen LogP) is 12.0. The van der Waals surface area contributed by atoms with Crippen molar-refractivity contribution < 1.29 is 23.5 Å². The van der Waals surface area contributed by atoms with Crippen molar-refractivity contribution in [2.45, 2.75) is 110 Å². The highest BCUT2D eigenvalue weighted by molar-refractivity contribution is 7.95. The number of fused-ring (bicyclic) bond motifs is 1. The number of hydrogen-bond donors (Lipinski definition) is 1. The van der Waals surface area contributed by atoms with Crippen molar-refractivity contribution >= 4 is 69.2 Å². The second-order valence-electron chi connectivity index (χ2n) is 18.3. The lowest BCUT2D eigenvalue weighted by atomic mass is 10.0. The van der Waals surface area contributed by atoms with Crippen molar-refractivity contribution in [3.8, 4) is 16.9 Å². The van der Waals surface area contributed by atoms with Crippen LogP contribution in [0.5, 0.6) is 5.75 Å². The zero-order valence-electron chi connectivity index (χ0n) is 40.4. The Balaban J connectivity index is 0.891. The number of unbranched alkanes of at least 4 members (excludes halogenated alkanes) is 10. The van der Waals surface area contributed by atoms with E-state index in [1.165, 1.54) is 73.3 Å². The van der Waals surface area contributed by atoms with Crippen molar-refractivity contribution in [1.29, 1.82) is 0 Å². The molecule has 1 aliphatic rings. The fraction of sp³-hybridized carbons (Fsp3) is 0.379. The second-order valence-corrected chi connectivity index (χ2v) is 22.3. The molecule has 1 N–H and O–H groups in total. The number of anilines is 1. The first kappa shape index (κ1) is 51.1. The Morgan fingerprint density at radius 3 is 1.75 bits per heavy atom. The first-order chi connectivity index (χ1) is 33.7.